The first-order chi connectivity index (χ1) is 9.45. The second kappa shape index (κ2) is 8.69. The number of rotatable bonds is 4. The Morgan fingerprint density at radius 1 is 0.750 bits per heavy atom. The maximum absolute atomic E-state index is 9.75. The first-order valence-corrected chi connectivity index (χ1v) is 7.17. The van der Waals surface area contributed by atoms with Crippen LogP contribution < -0.4 is 0 Å². The molecule has 0 saturated carbocycles. The van der Waals surface area contributed by atoms with Gasteiger partial charge in [0.1, 0.15) is 5.75 Å². The molecular weight excluding hydrogens is 287 g/mol. The van der Waals surface area contributed by atoms with Gasteiger partial charge in [0.25, 0.3) is 0 Å². The summed E-state index contributed by atoms with van der Waals surface area (Å²) in [6, 6.07) is 21.3. The number of hydrogen-bond acceptors (Lipinski definition) is 0. The zero-order valence-corrected chi connectivity index (χ0v) is 11.6. The van der Waals surface area contributed by atoms with Crippen LogP contribution >= 0.6 is 0 Å². The van der Waals surface area contributed by atoms with Crippen LogP contribution in [0.4, 0.5) is 17.3 Å². The molecule has 20 heavy (non-hydrogen) atoms. The average molecular weight is 302 g/mol. The number of thiol groups is 1. The van der Waals surface area contributed by atoms with Crippen LogP contribution in [0.15, 0.2) is 65.6 Å². The van der Waals surface area contributed by atoms with Gasteiger partial charge in [0, 0.05) is 18.2 Å². The molecule has 0 atom stereocenters. The van der Waals surface area contributed by atoms with Crippen LogP contribution in [0, 0.1) is 0 Å². The maximum Gasteiger partial charge on any atom is 0.673 e. The summed E-state index contributed by atoms with van der Waals surface area (Å²) in [5, 5.41) is 0. The van der Waals surface area contributed by atoms with Crippen molar-refractivity contribution in [2.75, 3.05) is 5.75 Å². The molecule has 0 amide bonds. The molecule has 0 bridgehead atoms. The van der Waals surface area contributed by atoms with E-state index in [-0.39, 0.29) is 0 Å². The van der Waals surface area contributed by atoms with Crippen molar-refractivity contribution in [3.63, 3.8) is 0 Å². The predicted molar refractivity (Wildman–Crippen MR) is 78.7 cm³/mol. The second-order valence-electron chi connectivity index (χ2n) is 3.95. The highest BCUT2D eigenvalue weighted by Gasteiger charge is 2.20. The Labute approximate surface area is 120 Å². The number of halogens is 4. The number of hydrogen-bond donors (Lipinski definition) is 0. The van der Waals surface area contributed by atoms with Gasteiger partial charge in [-0.2, -0.15) is 0 Å². The van der Waals surface area contributed by atoms with Gasteiger partial charge >= 0.3 is 7.25 Å². The Balaban J connectivity index is 0.000000347. The molecule has 0 aliphatic carbocycles. The largest absolute Gasteiger partial charge is 0.673 e. The van der Waals surface area contributed by atoms with Crippen molar-refractivity contribution < 1.29 is 17.3 Å². The summed E-state index contributed by atoms with van der Waals surface area (Å²) in [5.74, 6) is 1.20. The summed E-state index contributed by atoms with van der Waals surface area (Å²) >= 11 is 1.42. The zero-order valence-electron chi connectivity index (χ0n) is 10.7. The summed E-state index contributed by atoms with van der Waals surface area (Å²) in [4.78, 5) is 1.41. The molecule has 0 aliphatic heterocycles. The minimum Gasteiger partial charge on any atom is -0.418 e. The standard InChI is InChI=1S/C14H14S.BF4/c1-3-7-13(8-4-1)11-12-15-14-9-5-2-6-10-14;2-1(3,4)5/h1-10H,11-12H2;/q;-1/p+1. The van der Waals surface area contributed by atoms with E-state index in [1.807, 2.05) is 0 Å². The highest BCUT2D eigenvalue weighted by molar-refractivity contribution is 7.78. The topological polar surface area (TPSA) is 0 Å². The van der Waals surface area contributed by atoms with Crippen LogP contribution in [0.3, 0.4) is 0 Å². The van der Waals surface area contributed by atoms with Gasteiger partial charge in [-0.25, -0.2) is 0 Å². The summed E-state index contributed by atoms with van der Waals surface area (Å²) in [6.07, 6.45) is 1.16. The van der Waals surface area contributed by atoms with Crippen molar-refractivity contribution in [3.05, 3.63) is 66.2 Å². The lowest BCUT2D eigenvalue weighted by atomic mass is 10.2. The fourth-order valence-corrected chi connectivity index (χ4v) is 2.50. The number of benzene rings is 2. The molecule has 2 aromatic rings. The Kier molecular flexibility index (Phi) is 7.22. The van der Waals surface area contributed by atoms with E-state index in [1.54, 1.807) is 0 Å². The lowest BCUT2D eigenvalue weighted by molar-refractivity contribution is 0.368. The molecule has 0 spiro atoms. The summed E-state index contributed by atoms with van der Waals surface area (Å²) in [5.41, 5.74) is 1.43. The Bertz CT molecular complexity index is 428. The second-order valence-corrected chi connectivity index (χ2v) is 5.23. The highest BCUT2D eigenvalue weighted by atomic mass is 32.2. The molecule has 0 radical (unpaired) electrons. The van der Waals surface area contributed by atoms with Crippen molar-refractivity contribution in [2.45, 2.75) is 11.3 Å². The Hall–Kier alpha value is -1.43. The van der Waals surface area contributed by atoms with E-state index >= 15 is 0 Å². The van der Waals surface area contributed by atoms with Crippen molar-refractivity contribution in [2.24, 2.45) is 0 Å². The first kappa shape index (κ1) is 16.6. The fraction of sp³-hybridized carbons (Fsp3) is 0.143. The third-order valence-electron chi connectivity index (χ3n) is 2.29. The molecule has 0 N–H and O–H groups in total. The lowest BCUT2D eigenvalue weighted by Gasteiger charge is -1.95. The molecule has 0 heterocycles. The molecule has 108 valence electrons. The van der Waals surface area contributed by atoms with E-state index in [0.717, 1.165) is 6.42 Å². The van der Waals surface area contributed by atoms with Crippen LogP contribution in [-0.2, 0) is 18.2 Å². The SMILES string of the molecule is F[B-](F)(F)F.c1ccc(CC[SH+]c2ccccc2)cc1. The molecule has 0 aromatic heterocycles. The quantitative estimate of drug-likeness (QED) is 0.340. The monoisotopic (exact) mass is 302 g/mol. The molecule has 0 saturated heterocycles. The van der Waals surface area contributed by atoms with Gasteiger partial charge in [-0.3, -0.25) is 0 Å². The zero-order chi connectivity index (χ0) is 14.8. The Morgan fingerprint density at radius 2 is 1.20 bits per heavy atom. The van der Waals surface area contributed by atoms with Crippen LogP contribution in [0.2, 0.25) is 0 Å². The first-order valence-electron chi connectivity index (χ1n) is 6.09. The van der Waals surface area contributed by atoms with Crippen LogP contribution in [0.25, 0.3) is 0 Å². The summed E-state index contributed by atoms with van der Waals surface area (Å²) in [6.45, 7) is 0. The minimum absolute atomic E-state index is 1.16. The predicted octanol–water partition coefficient (Wildman–Crippen LogP) is 4.40. The van der Waals surface area contributed by atoms with Gasteiger partial charge < -0.3 is 17.3 Å². The van der Waals surface area contributed by atoms with Crippen molar-refractivity contribution in [1.82, 2.24) is 0 Å². The molecular formula is C14H15BF4S. The fourth-order valence-electron chi connectivity index (χ4n) is 1.49. The molecule has 2 rings (SSSR count). The molecule has 6 heteroatoms. The maximum atomic E-state index is 9.75. The molecule has 0 fully saturated rings. The highest BCUT2D eigenvalue weighted by Crippen LogP contribution is 2.06. The minimum atomic E-state index is -6.00. The van der Waals surface area contributed by atoms with Crippen LogP contribution in [0.1, 0.15) is 5.56 Å². The van der Waals surface area contributed by atoms with Crippen LogP contribution in [-0.4, -0.2) is 13.0 Å². The van der Waals surface area contributed by atoms with E-state index < -0.39 is 7.25 Å². The van der Waals surface area contributed by atoms with Gasteiger partial charge in [0.15, 0.2) is 4.90 Å². The van der Waals surface area contributed by atoms with E-state index in [2.05, 4.69) is 60.7 Å². The van der Waals surface area contributed by atoms with Gasteiger partial charge in [-0.05, 0) is 17.7 Å². The summed E-state index contributed by atoms with van der Waals surface area (Å²) in [7, 11) is -6.00. The molecule has 2 aromatic carbocycles. The average Bonchev–Trinajstić information content (AvgIpc) is 2.39. The van der Waals surface area contributed by atoms with E-state index in [9.17, 15) is 17.3 Å². The normalized spacial score (nSPS) is 10.6. The number of aryl methyl sites for hydroxylation is 1. The van der Waals surface area contributed by atoms with Gasteiger partial charge in [0.05, 0.1) is 0 Å². The molecule has 0 aliphatic rings. The van der Waals surface area contributed by atoms with Crippen LogP contribution in [0.5, 0.6) is 0 Å². The molecule has 0 nitrogen and oxygen atoms in total. The Morgan fingerprint density at radius 3 is 1.70 bits per heavy atom. The van der Waals surface area contributed by atoms with Gasteiger partial charge in [-0.1, -0.05) is 48.5 Å². The van der Waals surface area contributed by atoms with Crippen molar-refractivity contribution in [3.8, 4) is 0 Å². The van der Waals surface area contributed by atoms with E-state index in [1.165, 1.54) is 28.0 Å². The van der Waals surface area contributed by atoms with Crippen molar-refractivity contribution >= 4 is 19.0 Å². The lowest BCUT2D eigenvalue weighted by Crippen LogP contribution is -2.02. The van der Waals surface area contributed by atoms with E-state index in [4.69, 9.17) is 0 Å². The third-order valence-corrected chi connectivity index (χ3v) is 3.40. The molecule has 0 unspecified atom stereocenters. The van der Waals surface area contributed by atoms with Gasteiger partial charge in [0.2, 0.25) is 0 Å². The smallest absolute Gasteiger partial charge is 0.418 e. The van der Waals surface area contributed by atoms with E-state index in [0.29, 0.717) is 0 Å². The van der Waals surface area contributed by atoms with Gasteiger partial charge in [-0.15, -0.1) is 0 Å². The third kappa shape index (κ3) is 9.50. The van der Waals surface area contributed by atoms with Crippen molar-refractivity contribution in [1.29, 1.82) is 0 Å². The summed E-state index contributed by atoms with van der Waals surface area (Å²) < 4.78 is 39.0.